The molecular weight excluding hydrogens is 334 g/mol. The maximum atomic E-state index is 4.88. The van der Waals surface area contributed by atoms with Gasteiger partial charge in [0, 0.05) is 22.8 Å². The first kappa shape index (κ1) is 17.5. The Bertz CT molecular complexity index is 1080. The van der Waals surface area contributed by atoms with Crippen molar-refractivity contribution in [3.63, 3.8) is 0 Å². The Morgan fingerprint density at radius 1 is 0.963 bits per heavy atom. The van der Waals surface area contributed by atoms with Crippen molar-refractivity contribution < 1.29 is 0 Å². The maximum Gasteiger partial charge on any atom is 0.178 e. The van der Waals surface area contributed by atoms with Crippen LogP contribution in [0.25, 0.3) is 33.3 Å². The van der Waals surface area contributed by atoms with Gasteiger partial charge in [-0.2, -0.15) is 0 Å². The van der Waals surface area contributed by atoms with Crippen molar-refractivity contribution >= 4 is 27.6 Å². The summed E-state index contributed by atoms with van der Waals surface area (Å²) in [6, 6.07) is 16.5. The summed E-state index contributed by atoms with van der Waals surface area (Å²) in [5, 5.41) is 5.78. The zero-order valence-electron chi connectivity index (χ0n) is 16.1. The number of hydrogen-bond acceptors (Lipinski definition) is 4. The van der Waals surface area contributed by atoms with E-state index in [4.69, 9.17) is 9.97 Å². The average Bonchev–Trinajstić information content (AvgIpc) is 3.02. The summed E-state index contributed by atoms with van der Waals surface area (Å²) < 4.78 is 0. The number of nitrogens with zero attached hydrogens (tertiary/aromatic N) is 3. The van der Waals surface area contributed by atoms with Gasteiger partial charge in [0.25, 0.3) is 0 Å². The van der Waals surface area contributed by atoms with E-state index in [0.29, 0.717) is 0 Å². The van der Waals surface area contributed by atoms with Crippen molar-refractivity contribution in [2.45, 2.75) is 13.3 Å². The molecule has 5 heteroatoms. The van der Waals surface area contributed by atoms with Crippen LogP contribution in [-0.2, 0) is 0 Å². The highest BCUT2D eigenvalue weighted by Crippen LogP contribution is 2.30. The standard InChI is InChI=1S/C22H25N5/c1-15-16-9-4-6-11-18(16)24-20(15)22-25-19-12-7-5-10-17(19)21(26-22)23-13-8-14-27(2)3/h4-7,9-12,24H,8,13-14H2,1-3H3,(H,23,25,26). The molecule has 0 radical (unpaired) electrons. The van der Waals surface area contributed by atoms with E-state index in [2.05, 4.69) is 60.5 Å². The predicted octanol–water partition coefficient (Wildman–Crippen LogP) is 4.45. The van der Waals surface area contributed by atoms with Gasteiger partial charge in [0.1, 0.15) is 5.82 Å². The number of aryl methyl sites for hydroxylation is 1. The van der Waals surface area contributed by atoms with Crippen LogP contribution in [0.3, 0.4) is 0 Å². The molecule has 0 saturated carbocycles. The third-order valence-electron chi connectivity index (χ3n) is 4.87. The summed E-state index contributed by atoms with van der Waals surface area (Å²) >= 11 is 0. The van der Waals surface area contributed by atoms with Crippen molar-refractivity contribution in [1.29, 1.82) is 0 Å². The first-order valence-electron chi connectivity index (χ1n) is 9.36. The molecule has 4 rings (SSSR count). The normalized spacial score (nSPS) is 11.6. The number of aromatic nitrogens is 3. The quantitative estimate of drug-likeness (QED) is 0.499. The summed E-state index contributed by atoms with van der Waals surface area (Å²) in [6.07, 6.45) is 1.06. The fraction of sp³-hybridized carbons (Fsp3) is 0.273. The zero-order chi connectivity index (χ0) is 18.8. The molecule has 0 saturated heterocycles. The Morgan fingerprint density at radius 3 is 2.48 bits per heavy atom. The lowest BCUT2D eigenvalue weighted by Crippen LogP contribution is -2.17. The minimum Gasteiger partial charge on any atom is -0.369 e. The molecule has 0 spiro atoms. The second-order valence-electron chi connectivity index (χ2n) is 7.17. The second-order valence-corrected chi connectivity index (χ2v) is 7.17. The SMILES string of the molecule is Cc1c(-c2nc(NCCCN(C)C)c3ccccc3n2)[nH]c2ccccc12. The molecule has 4 aromatic rings. The number of fused-ring (bicyclic) bond motifs is 2. The Labute approximate surface area is 159 Å². The molecule has 138 valence electrons. The Balaban J connectivity index is 1.75. The van der Waals surface area contributed by atoms with Crippen LogP contribution in [0.15, 0.2) is 48.5 Å². The largest absolute Gasteiger partial charge is 0.369 e. The van der Waals surface area contributed by atoms with E-state index in [1.807, 2.05) is 24.3 Å². The van der Waals surface area contributed by atoms with E-state index in [9.17, 15) is 0 Å². The monoisotopic (exact) mass is 359 g/mol. The minimum absolute atomic E-state index is 0.734. The Hall–Kier alpha value is -2.92. The topological polar surface area (TPSA) is 56.8 Å². The first-order valence-corrected chi connectivity index (χ1v) is 9.36. The van der Waals surface area contributed by atoms with Crippen LogP contribution in [-0.4, -0.2) is 47.0 Å². The van der Waals surface area contributed by atoms with Crippen LogP contribution >= 0.6 is 0 Å². The van der Waals surface area contributed by atoms with Gasteiger partial charge in [-0.1, -0.05) is 30.3 Å². The van der Waals surface area contributed by atoms with Crippen molar-refractivity contribution in [2.75, 3.05) is 32.5 Å². The Kier molecular flexibility index (Phi) is 4.77. The number of hydrogen-bond donors (Lipinski definition) is 2. The van der Waals surface area contributed by atoms with Crippen molar-refractivity contribution in [2.24, 2.45) is 0 Å². The van der Waals surface area contributed by atoms with E-state index < -0.39 is 0 Å². The summed E-state index contributed by atoms with van der Waals surface area (Å²) in [5.74, 6) is 1.63. The number of H-pyrrole nitrogens is 1. The molecule has 27 heavy (non-hydrogen) atoms. The van der Waals surface area contributed by atoms with E-state index in [-0.39, 0.29) is 0 Å². The molecule has 0 aliphatic carbocycles. The minimum atomic E-state index is 0.734. The van der Waals surface area contributed by atoms with E-state index in [1.54, 1.807) is 0 Å². The van der Waals surface area contributed by atoms with Gasteiger partial charge in [0.05, 0.1) is 11.2 Å². The lowest BCUT2D eigenvalue weighted by molar-refractivity contribution is 0.405. The molecule has 0 amide bonds. The van der Waals surface area contributed by atoms with Gasteiger partial charge in [-0.25, -0.2) is 9.97 Å². The highest BCUT2D eigenvalue weighted by molar-refractivity contribution is 5.93. The van der Waals surface area contributed by atoms with E-state index in [1.165, 1.54) is 10.9 Å². The average molecular weight is 359 g/mol. The van der Waals surface area contributed by atoms with Gasteiger partial charge in [-0.15, -0.1) is 0 Å². The van der Waals surface area contributed by atoms with Crippen molar-refractivity contribution in [3.8, 4) is 11.5 Å². The molecule has 2 aromatic carbocycles. The molecule has 0 fully saturated rings. The second kappa shape index (κ2) is 7.37. The predicted molar refractivity (Wildman–Crippen MR) is 113 cm³/mol. The fourth-order valence-corrected chi connectivity index (χ4v) is 3.43. The molecule has 2 N–H and O–H groups in total. The van der Waals surface area contributed by atoms with Gasteiger partial charge >= 0.3 is 0 Å². The lowest BCUT2D eigenvalue weighted by Gasteiger charge is -2.12. The molecule has 0 bridgehead atoms. The molecule has 2 aromatic heterocycles. The highest BCUT2D eigenvalue weighted by Gasteiger charge is 2.14. The van der Waals surface area contributed by atoms with Crippen molar-refractivity contribution in [1.82, 2.24) is 19.9 Å². The molecule has 2 heterocycles. The van der Waals surface area contributed by atoms with Crippen LogP contribution in [0.5, 0.6) is 0 Å². The van der Waals surface area contributed by atoms with Gasteiger partial charge in [-0.05, 0) is 57.7 Å². The van der Waals surface area contributed by atoms with Gasteiger partial charge in [0.2, 0.25) is 0 Å². The number of aromatic amines is 1. The van der Waals surface area contributed by atoms with Crippen LogP contribution in [0.4, 0.5) is 5.82 Å². The number of anilines is 1. The molecular formula is C22H25N5. The van der Waals surface area contributed by atoms with Crippen LogP contribution < -0.4 is 5.32 Å². The summed E-state index contributed by atoms with van der Waals surface area (Å²) in [4.78, 5) is 15.4. The highest BCUT2D eigenvalue weighted by atomic mass is 15.1. The van der Waals surface area contributed by atoms with Gasteiger partial charge in [-0.3, -0.25) is 0 Å². The third-order valence-corrected chi connectivity index (χ3v) is 4.87. The summed E-state index contributed by atoms with van der Waals surface area (Å²) in [7, 11) is 4.19. The summed E-state index contributed by atoms with van der Waals surface area (Å²) in [6.45, 7) is 4.05. The zero-order valence-corrected chi connectivity index (χ0v) is 16.1. The molecule has 0 aliphatic heterocycles. The smallest absolute Gasteiger partial charge is 0.178 e. The molecule has 0 atom stereocenters. The number of para-hydroxylation sites is 2. The van der Waals surface area contributed by atoms with Gasteiger partial charge in [0.15, 0.2) is 5.82 Å². The van der Waals surface area contributed by atoms with Crippen LogP contribution in [0.1, 0.15) is 12.0 Å². The number of nitrogens with one attached hydrogen (secondary N) is 2. The lowest BCUT2D eigenvalue weighted by atomic mass is 10.1. The van der Waals surface area contributed by atoms with E-state index in [0.717, 1.165) is 53.3 Å². The molecule has 5 nitrogen and oxygen atoms in total. The maximum absolute atomic E-state index is 4.88. The first-order chi connectivity index (χ1) is 13.1. The number of rotatable bonds is 6. The molecule has 0 aliphatic rings. The number of benzene rings is 2. The van der Waals surface area contributed by atoms with Crippen LogP contribution in [0.2, 0.25) is 0 Å². The van der Waals surface area contributed by atoms with E-state index >= 15 is 0 Å². The fourth-order valence-electron chi connectivity index (χ4n) is 3.43. The third kappa shape index (κ3) is 3.51. The Morgan fingerprint density at radius 2 is 1.70 bits per heavy atom. The van der Waals surface area contributed by atoms with Crippen LogP contribution in [0, 0.1) is 6.92 Å². The summed E-state index contributed by atoms with van der Waals surface area (Å²) in [5.41, 5.74) is 4.23. The van der Waals surface area contributed by atoms with Crippen molar-refractivity contribution in [3.05, 3.63) is 54.1 Å². The molecule has 0 unspecified atom stereocenters. The van der Waals surface area contributed by atoms with Gasteiger partial charge < -0.3 is 15.2 Å².